The maximum atomic E-state index is 10.6. The molecule has 1 heterocycles. The third-order valence-electron chi connectivity index (χ3n) is 3.48. The van der Waals surface area contributed by atoms with Gasteiger partial charge in [-0.25, -0.2) is 4.79 Å². The van der Waals surface area contributed by atoms with Gasteiger partial charge in [-0.15, -0.1) is 0 Å². The van der Waals surface area contributed by atoms with Crippen LogP contribution in [0, 0.1) is 0 Å². The predicted molar refractivity (Wildman–Crippen MR) is 91.6 cm³/mol. The van der Waals surface area contributed by atoms with Crippen molar-refractivity contribution in [3.05, 3.63) is 60.3 Å². The molecule has 0 aliphatic carbocycles. The van der Waals surface area contributed by atoms with Crippen LogP contribution in [0.15, 0.2) is 54.7 Å². The van der Waals surface area contributed by atoms with Crippen LogP contribution >= 0.6 is 0 Å². The number of nitrogens with zero attached hydrogens (tertiary/aromatic N) is 1. The summed E-state index contributed by atoms with van der Waals surface area (Å²) in [6.07, 6.45) is 0.566. The number of nitrogens with one attached hydrogen (secondary N) is 2. The summed E-state index contributed by atoms with van der Waals surface area (Å²) >= 11 is 0. The zero-order valence-electron chi connectivity index (χ0n) is 12.3. The summed E-state index contributed by atoms with van der Waals surface area (Å²) in [6, 6.07) is 15.0. The number of amides is 1. The second kappa shape index (κ2) is 6.23. The third-order valence-corrected chi connectivity index (χ3v) is 3.48. The lowest BCUT2D eigenvalue weighted by molar-refractivity contribution is 0.210. The number of hydrogen-bond acceptors (Lipinski definition) is 4. The fraction of sp³-hybridized carbons (Fsp3) is 0.0588. The minimum absolute atomic E-state index is 0.537. The van der Waals surface area contributed by atoms with Crippen LogP contribution in [0.2, 0.25) is 0 Å². The molecule has 23 heavy (non-hydrogen) atoms. The molecule has 3 aromatic rings. The molecule has 3 rings (SSSR count). The van der Waals surface area contributed by atoms with Gasteiger partial charge in [0.1, 0.15) is 0 Å². The topological polar surface area (TPSA) is 100 Å². The molecule has 0 fully saturated rings. The van der Waals surface area contributed by atoms with Crippen molar-refractivity contribution < 1.29 is 9.90 Å². The fourth-order valence-corrected chi connectivity index (χ4v) is 2.37. The number of nitrogens with two attached hydrogens (primary N) is 1. The molecule has 0 saturated carbocycles. The average molecular weight is 308 g/mol. The van der Waals surface area contributed by atoms with Crippen molar-refractivity contribution >= 4 is 34.1 Å². The highest BCUT2D eigenvalue weighted by atomic mass is 16.4. The molecular weight excluding hydrogens is 292 g/mol. The van der Waals surface area contributed by atoms with E-state index in [4.69, 9.17) is 10.8 Å². The molecule has 0 aliphatic rings. The van der Waals surface area contributed by atoms with Crippen molar-refractivity contribution in [3.8, 4) is 0 Å². The number of benzene rings is 2. The van der Waals surface area contributed by atoms with Crippen LogP contribution in [0.3, 0.4) is 0 Å². The van der Waals surface area contributed by atoms with E-state index in [9.17, 15) is 4.79 Å². The standard InChI is InChI=1S/C17H16N4O2/c18-14-10-19-15-4-2-1-3-13(15)16(14)20-9-11-5-7-12(8-6-11)21-17(22)23/h1-8,10,21H,9,18H2,(H,19,20)(H,22,23). The highest BCUT2D eigenvalue weighted by Crippen LogP contribution is 2.28. The zero-order chi connectivity index (χ0) is 16.2. The molecule has 0 atom stereocenters. The molecule has 0 unspecified atom stereocenters. The van der Waals surface area contributed by atoms with Gasteiger partial charge in [0.2, 0.25) is 0 Å². The molecule has 1 amide bonds. The Hall–Kier alpha value is -3.28. The van der Waals surface area contributed by atoms with E-state index < -0.39 is 6.09 Å². The van der Waals surface area contributed by atoms with Crippen LogP contribution in [-0.4, -0.2) is 16.2 Å². The van der Waals surface area contributed by atoms with Gasteiger partial charge in [-0.05, 0) is 23.8 Å². The van der Waals surface area contributed by atoms with Crippen LogP contribution in [0.5, 0.6) is 0 Å². The van der Waals surface area contributed by atoms with Gasteiger partial charge in [0, 0.05) is 17.6 Å². The molecule has 1 aromatic heterocycles. The molecule has 5 N–H and O–H groups in total. The number of para-hydroxylation sites is 1. The normalized spacial score (nSPS) is 10.4. The van der Waals surface area contributed by atoms with E-state index in [1.165, 1.54) is 0 Å². The highest BCUT2D eigenvalue weighted by molar-refractivity contribution is 5.96. The predicted octanol–water partition coefficient (Wildman–Crippen LogP) is 3.52. The van der Waals surface area contributed by atoms with E-state index in [0.717, 1.165) is 22.2 Å². The Bertz CT molecular complexity index is 847. The van der Waals surface area contributed by atoms with Crippen molar-refractivity contribution in [2.45, 2.75) is 6.54 Å². The van der Waals surface area contributed by atoms with Gasteiger partial charge in [0.05, 0.1) is 23.1 Å². The number of hydrogen-bond donors (Lipinski definition) is 4. The first kappa shape index (κ1) is 14.6. The number of aromatic nitrogens is 1. The second-order valence-electron chi connectivity index (χ2n) is 5.09. The first-order valence-electron chi connectivity index (χ1n) is 7.09. The Morgan fingerprint density at radius 3 is 2.61 bits per heavy atom. The van der Waals surface area contributed by atoms with Gasteiger partial charge in [-0.2, -0.15) is 0 Å². The van der Waals surface area contributed by atoms with Gasteiger partial charge in [-0.3, -0.25) is 10.3 Å². The van der Waals surface area contributed by atoms with E-state index in [-0.39, 0.29) is 0 Å². The summed E-state index contributed by atoms with van der Waals surface area (Å²) in [7, 11) is 0. The molecule has 2 aromatic carbocycles. The summed E-state index contributed by atoms with van der Waals surface area (Å²) in [5, 5.41) is 15.3. The number of carboxylic acid groups (broad SMARTS) is 1. The largest absolute Gasteiger partial charge is 0.465 e. The number of pyridine rings is 1. The third kappa shape index (κ3) is 3.32. The Morgan fingerprint density at radius 2 is 1.87 bits per heavy atom. The van der Waals surface area contributed by atoms with Crippen molar-refractivity contribution in [1.82, 2.24) is 4.98 Å². The number of fused-ring (bicyclic) bond motifs is 1. The lowest BCUT2D eigenvalue weighted by Gasteiger charge is -2.12. The monoisotopic (exact) mass is 308 g/mol. The molecule has 6 nitrogen and oxygen atoms in total. The lowest BCUT2D eigenvalue weighted by atomic mass is 10.1. The number of anilines is 3. The number of rotatable bonds is 4. The van der Waals surface area contributed by atoms with Crippen molar-refractivity contribution in [1.29, 1.82) is 0 Å². The van der Waals surface area contributed by atoms with E-state index >= 15 is 0 Å². The van der Waals surface area contributed by atoms with E-state index in [0.29, 0.717) is 17.9 Å². The smallest absolute Gasteiger partial charge is 0.409 e. The maximum absolute atomic E-state index is 10.6. The molecule has 116 valence electrons. The number of carbonyl (C=O) groups is 1. The molecule has 0 radical (unpaired) electrons. The van der Waals surface area contributed by atoms with Gasteiger partial charge < -0.3 is 16.2 Å². The van der Waals surface area contributed by atoms with Crippen LogP contribution in [0.4, 0.5) is 21.9 Å². The van der Waals surface area contributed by atoms with Crippen LogP contribution in [-0.2, 0) is 6.54 Å². The Kier molecular flexibility index (Phi) is 3.97. The summed E-state index contributed by atoms with van der Waals surface area (Å²) in [5.41, 5.74) is 9.90. The number of nitrogen functional groups attached to an aromatic ring is 1. The summed E-state index contributed by atoms with van der Waals surface area (Å²) in [4.78, 5) is 14.9. The Labute approximate surface area is 133 Å². The summed E-state index contributed by atoms with van der Waals surface area (Å²) in [6.45, 7) is 0.575. The molecule has 0 spiro atoms. The summed E-state index contributed by atoms with van der Waals surface area (Å²) in [5.74, 6) is 0. The quantitative estimate of drug-likeness (QED) is 0.591. The van der Waals surface area contributed by atoms with E-state index in [2.05, 4.69) is 15.6 Å². The average Bonchev–Trinajstić information content (AvgIpc) is 2.55. The van der Waals surface area contributed by atoms with Crippen LogP contribution in [0.25, 0.3) is 10.9 Å². The minimum atomic E-state index is -1.08. The molecule has 0 saturated heterocycles. The SMILES string of the molecule is Nc1cnc2ccccc2c1NCc1ccc(NC(=O)O)cc1. The van der Waals surface area contributed by atoms with Crippen LogP contribution < -0.4 is 16.4 Å². The summed E-state index contributed by atoms with van der Waals surface area (Å²) < 4.78 is 0. The molecule has 0 bridgehead atoms. The minimum Gasteiger partial charge on any atom is -0.465 e. The van der Waals surface area contributed by atoms with Crippen LogP contribution in [0.1, 0.15) is 5.56 Å². The fourth-order valence-electron chi connectivity index (χ4n) is 2.37. The highest BCUT2D eigenvalue weighted by Gasteiger charge is 2.06. The Morgan fingerprint density at radius 1 is 1.13 bits per heavy atom. The maximum Gasteiger partial charge on any atom is 0.409 e. The molecular formula is C17H16N4O2. The second-order valence-corrected chi connectivity index (χ2v) is 5.09. The van der Waals surface area contributed by atoms with Gasteiger partial charge in [0.25, 0.3) is 0 Å². The van der Waals surface area contributed by atoms with Crippen molar-refractivity contribution in [3.63, 3.8) is 0 Å². The van der Waals surface area contributed by atoms with Crippen molar-refractivity contribution in [2.75, 3.05) is 16.4 Å². The van der Waals surface area contributed by atoms with Gasteiger partial charge >= 0.3 is 6.09 Å². The lowest BCUT2D eigenvalue weighted by Crippen LogP contribution is -2.07. The van der Waals surface area contributed by atoms with E-state index in [1.807, 2.05) is 36.4 Å². The first-order valence-corrected chi connectivity index (χ1v) is 7.09. The van der Waals surface area contributed by atoms with E-state index in [1.54, 1.807) is 18.3 Å². The van der Waals surface area contributed by atoms with Crippen molar-refractivity contribution in [2.24, 2.45) is 0 Å². The first-order chi connectivity index (χ1) is 11.1. The molecule has 6 heteroatoms. The Balaban J connectivity index is 1.78. The van der Waals surface area contributed by atoms with Gasteiger partial charge in [0.15, 0.2) is 0 Å². The molecule has 0 aliphatic heterocycles. The zero-order valence-corrected chi connectivity index (χ0v) is 12.3. The van der Waals surface area contributed by atoms with Gasteiger partial charge in [-0.1, -0.05) is 30.3 Å².